The van der Waals surface area contributed by atoms with Crippen molar-refractivity contribution in [3.8, 4) is 0 Å². The zero-order valence-electron chi connectivity index (χ0n) is 8.55. The van der Waals surface area contributed by atoms with Crippen LogP contribution in [0.5, 0.6) is 0 Å². The molecule has 0 radical (unpaired) electrons. The van der Waals surface area contributed by atoms with Gasteiger partial charge in [-0.15, -0.1) is 0 Å². The van der Waals surface area contributed by atoms with E-state index in [1.807, 2.05) is 0 Å². The van der Waals surface area contributed by atoms with Gasteiger partial charge in [0.05, 0.1) is 11.5 Å². The van der Waals surface area contributed by atoms with Crippen LogP contribution in [0.4, 0.5) is 18.9 Å². The lowest BCUT2D eigenvalue weighted by molar-refractivity contribution is -0.384. The Balaban J connectivity index is 2.74. The Bertz CT molecular complexity index is 537. The quantitative estimate of drug-likeness (QED) is 0.365. The summed E-state index contributed by atoms with van der Waals surface area (Å²) in [5.74, 6) is 0. The van der Waals surface area contributed by atoms with Crippen molar-refractivity contribution in [2.45, 2.75) is 12.1 Å². The van der Waals surface area contributed by atoms with Crippen molar-refractivity contribution in [3.63, 3.8) is 0 Å². The summed E-state index contributed by atoms with van der Waals surface area (Å²) in [5, 5.41) is 10.3. The first-order valence-corrected chi connectivity index (χ1v) is 5.73. The Morgan fingerprint density at radius 1 is 1.22 bits per heavy atom. The molecule has 0 amide bonds. The number of halogens is 3. The van der Waals surface area contributed by atoms with Crippen LogP contribution in [0.15, 0.2) is 24.3 Å². The fourth-order valence-electron chi connectivity index (χ4n) is 0.926. The molecule has 0 bridgehead atoms. The van der Waals surface area contributed by atoms with Gasteiger partial charge in [-0.25, -0.2) is 0 Å². The minimum absolute atomic E-state index is 0.0634. The highest BCUT2D eigenvalue weighted by Gasteiger charge is 2.47. The van der Waals surface area contributed by atoms with E-state index in [4.69, 9.17) is 0 Å². The number of benzene rings is 1. The Kier molecular flexibility index (Phi) is 3.92. The van der Waals surface area contributed by atoms with Gasteiger partial charge in [0.25, 0.3) is 5.69 Å². The third-order valence-corrected chi connectivity index (χ3v) is 2.81. The summed E-state index contributed by atoms with van der Waals surface area (Å²) in [6.07, 6.45) is 0. The van der Waals surface area contributed by atoms with Gasteiger partial charge in [0.1, 0.15) is 0 Å². The zero-order valence-corrected chi connectivity index (χ0v) is 9.36. The van der Waals surface area contributed by atoms with Crippen LogP contribution in [0.3, 0.4) is 0 Å². The van der Waals surface area contributed by atoms with Gasteiger partial charge in [-0.1, -0.05) is 0 Å². The van der Waals surface area contributed by atoms with Crippen LogP contribution in [-0.4, -0.2) is 18.8 Å². The molecule has 100 valence electrons. The molecule has 0 atom stereocenters. The van der Waals surface area contributed by atoms with Gasteiger partial charge in [0.15, 0.2) is 0 Å². The third-order valence-electron chi connectivity index (χ3n) is 1.81. The Morgan fingerprint density at radius 2 is 1.72 bits per heavy atom. The van der Waals surface area contributed by atoms with E-state index in [0.29, 0.717) is 0 Å². The first kappa shape index (κ1) is 14.4. The number of non-ortho nitro benzene ring substituents is 1. The zero-order chi connectivity index (χ0) is 14.0. The first-order chi connectivity index (χ1) is 8.13. The minimum atomic E-state index is -5.66. The van der Waals surface area contributed by atoms with E-state index in [2.05, 4.69) is 4.18 Å². The van der Waals surface area contributed by atoms with E-state index in [-0.39, 0.29) is 11.3 Å². The number of rotatable bonds is 4. The van der Waals surface area contributed by atoms with Crippen LogP contribution in [0.25, 0.3) is 0 Å². The van der Waals surface area contributed by atoms with Crippen LogP contribution in [0.2, 0.25) is 0 Å². The number of nitro benzene ring substituents is 1. The number of nitro groups is 1. The molecule has 18 heavy (non-hydrogen) atoms. The second-order valence-electron chi connectivity index (χ2n) is 3.09. The van der Waals surface area contributed by atoms with E-state index in [9.17, 15) is 31.7 Å². The number of nitrogens with zero attached hydrogens (tertiary/aromatic N) is 1. The molecule has 1 rings (SSSR count). The maximum absolute atomic E-state index is 11.9. The van der Waals surface area contributed by atoms with E-state index >= 15 is 0 Å². The molecule has 0 aliphatic carbocycles. The molecule has 1 aromatic rings. The highest BCUT2D eigenvalue weighted by molar-refractivity contribution is 7.87. The largest absolute Gasteiger partial charge is 0.523 e. The predicted octanol–water partition coefficient (Wildman–Crippen LogP) is 1.96. The van der Waals surface area contributed by atoms with Gasteiger partial charge in [-0.05, 0) is 17.7 Å². The summed E-state index contributed by atoms with van der Waals surface area (Å²) in [6, 6.07) is 4.26. The van der Waals surface area contributed by atoms with Gasteiger partial charge in [-0.2, -0.15) is 21.6 Å². The molecule has 0 spiro atoms. The molecule has 0 aliphatic heterocycles. The van der Waals surface area contributed by atoms with Crippen molar-refractivity contribution in [2.75, 3.05) is 0 Å². The van der Waals surface area contributed by atoms with Crippen molar-refractivity contribution in [1.82, 2.24) is 0 Å². The highest BCUT2D eigenvalue weighted by atomic mass is 32.2. The number of hydrogen-bond donors (Lipinski definition) is 0. The van der Waals surface area contributed by atoms with Crippen molar-refractivity contribution < 1.29 is 30.7 Å². The SMILES string of the molecule is O=[N+]([O-])c1ccc(COS(=O)(=O)C(F)(F)F)cc1. The predicted molar refractivity (Wildman–Crippen MR) is 52.9 cm³/mol. The first-order valence-electron chi connectivity index (χ1n) is 4.32. The second kappa shape index (κ2) is 4.90. The lowest BCUT2D eigenvalue weighted by Crippen LogP contribution is -2.25. The summed E-state index contributed by atoms with van der Waals surface area (Å²) in [6.45, 7) is -0.847. The topological polar surface area (TPSA) is 86.5 Å². The molecule has 0 saturated carbocycles. The maximum Gasteiger partial charge on any atom is 0.523 e. The summed E-state index contributed by atoms with van der Waals surface area (Å²) in [4.78, 5) is 9.59. The highest BCUT2D eigenvalue weighted by Crippen LogP contribution is 2.25. The normalized spacial score (nSPS) is 12.4. The van der Waals surface area contributed by atoms with Crippen LogP contribution in [-0.2, 0) is 20.9 Å². The molecular weight excluding hydrogens is 279 g/mol. The van der Waals surface area contributed by atoms with Gasteiger partial charge < -0.3 is 0 Å². The second-order valence-corrected chi connectivity index (χ2v) is 4.69. The van der Waals surface area contributed by atoms with Gasteiger partial charge in [0, 0.05) is 12.1 Å². The lowest BCUT2D eigenvalue weighted by Gasteiger charge is -2.07. The number of hydrogen-bond acceptors (Lipinski definition) is 5. The lowest BCUT2D eigenvalue weighted by atomic mass is 10.2. The molecule has 10 heteroatoms. The van der Waals surface area contributed by atoms with Crippen LogP contribution < -0.4 is 0 Å². The summed E-state index contributed by atoms with van der Waals surface area (Å²) in [7, 11) is -5.66. The van der Waals surface area contributed by atoms with Crippen molar-refractivity contribution in [3.05, 3.63) is 39.9 Å². The molecule has 6 nitrogen and oxygen atoms in total. The van der Waals surface area contributed by atoms with E-state index < -0.39 is 27.2 Å². The van der Waals surface area contributed by atoms with Crippen molar-refractivity contribution in [1.29, 1.82) is 0 Å². The number of alkyl halides is 3. The van der Waals surface area contributed by atoms with E-state index in [1.165, 1.54) is 0 Å². The fourth-order valence-corrected chi connectivity index (χ4v) is 1.35. The summed E-state index contributed by atoms with van der Waals surface area (Å²) in [5.41, 5.74) is -5.70. The maximum atomic E-state index is 11.9. The average Bonchev–Trinajstić information content (AvgIpc) is 2.25. The smallest absolute Gasteiger partial charge is 0.258 e. The minimum Gasteiger partial charge on any atom is -0.258 e. The average molecular weight is 285 g/mol. The van der Waals surface area contributed by atoms with Crippen LogP contribution in [0.1, 0.15) is 5.56 Å². The fraction of sp³-hybridized carbons (Fsp3) is 0.250. The van der Waals surface area contributed by atoms with Crippen molar-refractivity contribution >= 4 is 15.8 Å². The molecule has 0 aromatic heterocycles. The molecule has 1 aromatic carbocycles. The molecule has 0 fully saturated rings. The molecule has 0 saturated heterocycles. The van der Waals surface area contributed by atoms with Crippen molar-refractivity contribution in [2.24, 2.45) is 0 Å². The third kappa shape index (κ3) is 3.40. The summed E-state index contributed by atoms with van der Waals surface area (Å²) < 4.78 is 60.6. The van der Waals surface area contributed by atoms with Gasteiger partial charge in [0.2, 0.25) is 0 Å². The Morgan fingerprint density at radius 3 is 2.11 bits per heavy atom. The monoisotopic (exact) mass is 285 g/mol. The molecule has 0 heterocycles. The van der Waals surface area contributed by atoms with E-state index in [0.717, 1.165) is 24.3 Å². The van der Waals surface area contributed by atoms with E-state index in [1.54, 1.807) is 0 Å². The van der Waals surface area contributed by atoms with Gasteiger partial charge >= 0.3 is 15.6 Å². The summed E-state index contributed by atoms with van der Waals surface area (Å²) >= 11 is 0. The molecule has 0 unspecified atom stereocenters. The Labute approximate surface area is 99.3 Å². The van der Waals surface area contributed by atoms with Gasteiger partial charge in [-0.3, -0.25) is 14.3 Å². The van der Waals surface area contributed by atoms with Crippen LogP contribution in [0, 0.1) is 10.1 Å². The standard InChI is InChI=1S/C8H6F3NO5S/c9-8(10,11)18(15,16)17-5-6-1-3-7(4-2-6)12(13)14/h1-4H,5H2. The van der Waals surface area contributed by atoms with Crippen LogP contribution >= 0.6 is 0 Å². The Hall–Kier alpha value is -1.68. The molecular formula is C8H6F3NO5S. The molecule has 0 aliphatic rings. The molecule has 0 N–H and O–H groups in total.